The van der Waals surface area contributed by atoms with E-state index >= 15 is 0 Å². The quantitative estimate of drug-likeness (QED) is 0.572. The number of hydrogen-bond acceptors (Lipinski definition) is 3. The minimum atomic E-state index is -3.45. The maximum absolute atomic E-state index is 12.2. The number of hydrogen-bond donors (Lipinski definition) is 2. The van der Waals surface area contributed by atoms with Gasteiger partial charge in [-0.1, -0.05) is 40.0 Å². The predicted molar refractivity (Wildman–Crippen MR) is 84.0 cm³/mol. The number of nitrogens with two attached hydrogens (primary N) is 1. The summed E-state index contributed by atoms with van der Waals surface area (Å²) >= 11 is 0. The highest BCUT2D eigenvalue weighted by Gasteiger charge is 2.21. The van der Waals surface area contributed by atoms with Crippen molar-refractivity contribution in [3.63, 3.8) is 0 Å². The maximum atomic E-state index is 12.2. The van der Waals surface area contributed by atoms with Crippen LogP contribution in [0, 0.1) is 5.41 Å². The summed E-state index contributed by atoms with van der Waals surface area (Å²) in [6.07, 6.45) is 4.51. The molecule has 0 atom stereocenters. The Morgan fingerprint density at radius 3 is 2.30 bits per heavy atom. The van der Waals surface area contributed by atoms with E-state index in [2.05, 4.69) is 25.5 Å². The number of rotatable bonds is 8. The normalized spacial score (nSPS) is 12.6. The molecule has 0 aromatic heterocycles. The third kappa shape index (κ3) is 5.51. The molecule has 0 fully saturated rings. The van der Waals surface area contributed by atoms with E-state index in [0.717, 1.165) is 12.8 Å². The van der Waals surface area contributed by atoms with Gasteiger partial charge in [-0.15, -0.1) is 0 Å². The van der Waals surface area contributed by atoms with Gasteiger partial charge in [0.2, 0.25) is 10.0 Å². The van der Waals surface area contributed by atoms with Crippen LogP contribution in [-0.2, 0) is 10.0 Å². The predicted octanol–water partition coefficient (Wildman–Crippen LogP) is 3.15. The first-order valence-electron chi connectivity index (χ1n) is 7.12. The summed E-state index contributed by atoms with van der Waals surface area (Å²) < 4.78 is 27.0. The van der Waals surface area contributed by atoms with Gasteiger partial charge in [0.15, 0.2) is 0 Å². The van der Waals surface area contributed by atoms with Crippen LogP contribution in [0.2, 0.25) is 0 Å². The smallest absolute Gasteiger partial charge is 0.240 e. The van der Waals surface area contributed by atoms with Gasteiger partial charge < -0.3 is 5.73 Å². The summed E-state index contributed by atoms with van der Waals surface area (Å²) in [5, 5.41) is 0. The Bertz CT molecular complexity index is 507. The van der Waals surface area contributed by atoms with Crippen LogP contribution in [0.1, 0.15) is 46.5 Å². The Morgan fingerprint density at radius 2 is 1.75 bits per heavy atom. The van der Waals surface area contributed by atoms with E-state index in [-0.39, 0.29) is 10.3 Å². The molecule has 0 aliphatic rings. The Kier molecular flexibility index (Phi) is 6.02. The summed E-state index contributed by atoms with van der Waals surface area (Å²) in [5.74, 6) is 0. The number of sulfonamides is 1. The maximum Gasteiger partial charge on any atom is 0.240 e. The second-order valence-electron chi connectivity index (χ2n) is 6.01. The van der Waals surface area contributed by atoms with Crippen molar-refractivity contribution >= 4 is 15.7 Å². The van der Waals surface area contributed by atoms with Crippen molar-refractivity contribution in [2.24, 2.45) is 5.41 Å². The van der Waals surface area contributed by atoms with Crippen molar-refractivity contribution in [2.75, 3.05) is 12.3 Å². The molecule has 0 amide bonds. The van der Waals surface area contributed by atoms with Gasteiger partial charge in [0.25, 0.3) is 0 Å². The molecule has 1 rings (SSSR count). The van der Waals surface area contributed by atoms with Gasteiger partial charge in [-0.25, -0.2) is 13.1 Å². The molecule has 4 nitrogen and oxygen atoms in total. The zero-order chi connectivity index (χ0) is 15.2. The highest BCUT2D eigenvalue weighted by Crippen LogP contribution is 2.23. The fraction of sp³-hybridized carbons (Fsp3) is 0.600. The lowest BCUT2D eigenvalue weighted by Crippen LogP contribution is -2.34. The highest BCUT2D eigenvalue weighted by molar-refractivity contribution is 7.89. The molecule has 0 aliphatic carbocycles. The van der Waals surface area contributed by atoms with Crippen LogP contribution in [0.3, 0.4) is 0 Å². The van der Waals surface area contributed by atoms with Crippen LogP contribution in [0.25, 0.3) is 0 Å². The molecular weight excluding hydrogens is 272 g/mol. The van der Waals surface area contributed by atoms with Gasteiger partial charge in [-0.3, -0.25) is 0 Å². The van der Waals surface area contributed by atoms with E-state index < -0.39 is 10.0 Å². The second-order valence-corrected chi connectivity index (χ2v) is 7.78. The van der Waals surface area contributed by atoms with E-state index in [4.69, 9.17) is 5.73 Å². The van der Waals surface area contributed by atoms with Crippen molar-refractivity contribution in [3.8, 4) is 0 Å². The van der Waals surface area contributed by atoms with Crippen molar-refractivity contribution in [2.45, 2.75) is 51.3 Å². The van der Waals surface area contributed by atoms with Gasteiger partial charge in [0, 0.05) is 12.2 Å². The van der Waals surface area contributed by atoms with Crippen LogP contribution < -0.4 is 10.5 Å². The zero-order valence-corrected chi connectivity index (χ0v) is 13.5. The molecule has 114 valence electrons. The molecule has 0 saturated carbocycles. The Balaban J connectivity index is 2.61. The lowest BCUT2D eigenvalue weighted by atomic mass is 9.87. The third-order valence-electron chi connectivity index (χ3n) is 3.39. The van der Waals surface area contributed by atoms with E-state index in [0.29, 0.717) is 12.2 Å². The van der Waals surface area contributed by atoms with Crippen LogP contribution in [0.5, 0.6) is 0 Å². The van der Waals surface area contributed by atoms with Crippen LogP contribution in [0.15, 0.2) is 29.2 Å². The van der Waals surface area contributed by atoms with E-state index in [9.17, 15) is 8.42 Å². The average molecular weight is 298 g/mol. The average Bonchev–Trinajstić information content (AvgIpc) is 2.37. The minimum absolute atomic E-state index is 0.0317. The molecule has 0 heterocycles. The first-order chi connectivity index (χ1) is 9.27. The number of nitrogen functional groups attached to an aromatic ring is 1. The molecule has 0 unspecified atom stereocenters. The number of unbranched alkanes of at least 4 members (excludes halogenated alkanes) is 2. The SMILES string of the molecule is CCCCCC(C)(C)CNS(=O)(=O)c1ccc(N)cc1. The molecule has 0 radical (unpaired) electrons. The van der Waals surface area contributed by atoms with Gasteiger partial charge in [-0.2, -0.15) is 0 Å². The largest absolute Gasteiger partial charge is 0.399 e. The summed E-state index contributed by atoms with van der Waals surface area (Å²) in [6.45, 7) is 6.79. The lowest BCUT2D eigenvalue weighted by Gasteiger charge is -2.24. The summed E-state index contributed by atoms with van der Waals surface area (Å²) in [4.78, 5) is 0.260. The molecule has 0 bridgehead atoms. The van der Waals surface area contributed by atoms with Crippen molar-refractivity contribution < 1.29 is 8.42 Å². The van der Waals surface area contributed by atoms with Crippen LogP contribution in [-0.4, -0.2) is 15.0 Å². The van der Waals surface area contributed by atoms with Gasteiger partial charge in [0.1, 0.15) is 0 Å². The molecule has 3 N–H and O–H groups in total. The standard InChI is InChI=1S/C15H26N2O2S/c1-4-5-6-11-15(2,3)12-17-20(18,19)14-9-7-13(16)8-10-14/h7-10,17H,4-6,11-12,16H2,1-3H3. The molecule has 20 heavy (non-hydrogen) atoms. The first kappa shape index (κ1) is 17.0. The van der Waals surface area contributed by atoms with Crippen molar-refractivity contribution in [1.29, 1.82) is 0 Å². The number of nitrogens with one attached hydrogen (secondary N) is 1. The van der Waals surface area contributed by atoms with E-state index in [1.165, 1.54) is 25.0 Å². The topological polar surface area (TPSA) is 72.2 Å². The van der Waals surface area contributed by atoms with Gasteiger partial charge in [-0.05, 0) is 36.1 Å². The third-order valence-corrected chi connectivity index (χ3v) is 4.81. The van der Waals surface area contributed by atoms with Crippen LogP contribution in [0.4, 0.5) is 5.69 Å². The molecular formula is C15H26N2O2S. The Labute approximate surface area is 122 Å². The lowest BCUT2D eigenvalue weighted by molar-refractivity contribution is 0.320. The molecule has 5 heteroatoms. The molecule has 1 aromatic carbocycles. The Morgan fingerprint density at radius 1 is 1.15 bits per heavy atom. The zero-order valence-electron chi connectivity index (χ0n) is 12.6. The Hall–Kier alpha value is -1.07. The fourth-order valence-corrected chi connectivity index (χ4v) is 3.20. The van der Waals surface area contributed by atoms with E-state index in [1.807, 2.05) is 0 Å². The summed E-state index contributed by atoms with van der Waals surface area (Å²) in [6, 6.07) is 6.26. The van der Waals surface area contributed by atoms with E-state index in [1.54, 1.807) is 12.1 Å². The second kappa shape index (κ2) is 7.09. The number of benzene rings is 1. The molecule has 0 saturated heterocycles. The van der Waals surface area contributed by atoms with Crippen molar-refractivity contribution in [3.05, 3.63) is 24.3 Å². The summed E-state index contributed by atoms with van der Waals surface area (Å²) in [7, 11) is -3.45. The van der Waals surface area contributed by atoms with Crippen molar-refractivity contribution in [1.82, 2.24) is 4.72 Å². The molecule has 0 aliphatic heterocycles. The van der Waals surface area contributed by atoms with Gasteiger partial charge in [0.05, 0.1) is 4.90 Å². The molecule has 0 spiro atoms. The fourth-order valence-electron chi connectivity index (χ4n) is 1.96. The number of anilines is 1. The van der Waals surface area contributed by atoms with Gasteiger partial charge >= 0.3 is 0 Å². The monoisotopic (exact) mass is 298 g/mol. The first-order valence-corrected chi connectivity index (χ1v) is 8.60. The molecule has 1 aromatic rings. The van der Waals surface area contributed by atoms with Crippen LogP contribution >= 0.6 is 0 Å². The summed E-state index contributed by atoms with van der Waals surface area (Å²) in [5.41, 5.74) is 6.09. The minimum Gasteiger partial charge on any atom is -0.399 e. The highest BCUT2D eigenvalue weighted by atomic mass is 32.2.